The van der Waals surface area contributed by atoms with Crippen LogP contribution in [0.25, 0.3) is 0 Å². The molecular formula is C8H14O. The quantitative estimate of drug-likeness (QED) is 0.488. The third-order valence-corrected chi connectivity index (χ3v) is 1.73. The molecule has 1 rings (SSSR count). The first-order valence-corrected chi connectivity index (χ1v) is 3.73. The minimum absolute atomic E-state index is 0.105. The number of rotatable bonds is 0. The van der Waals surface area contributed by atoms with Gasteiger partial charge in [0.15, 0.2) is 0 Å². The maximum absolute atomic E-state index is 10.9. The third kappa shape index (κ3) is 2.64. The monoisotopic (exact) mass is 127 g/mol. The van der Waals surface area contributed by atoms with Gasteiger partial charge in [-0.15, -0.1) is 0 Å². The molecule has 0 bridgehead atoms. The summed E-state index contributed by atoms with van der Waals surface area (Å²) in [6.07, 6.45) is 5.26. The molecule has 9 heavy (non-hydrogen) atoms. The zero-order valence-electron chi connectivity index (χ0n) is 6.73. The second kappa shape index (κ2) is 3.65. The van der Waals surface area contributed by atoms with Gasteiger partial charge in [0, 0.05) is 14.2 Å². The summed E-state index contributed by atoms with van der Waals surface area (Å²) >= 11 is 0. The van der Waals surface area contributed by atoms with Crippen molar-refractivity contribution in [2.24, 2.45) is 0 Å². The van der Waals surface area contributed by atoms with E-state index in [1.165, 1.54) is 0 Å². The lowest BCUT2D eigenvalue weighted by Crippen LogP contribution is -2.00. The summed E-state index contributed by atoms with van der Waals surface area (Å²) in [4.78, 5) is 10.9. The molecule has 0 aromatic rings. The highest BCUT2D eigenvalue weighted by molar-refractivity contribution is 5.78. The van der Waals surface area contributed by atoms with Gasteiger partial charge < -0.3 is 0 Å². The second-order valence-corrected chi connectivity index (χ2v) is 2.61. The average Bonchev–Trinajstić information content (AvgIpc) is 1.84. The molecule has 0 heterocycles. The molecule has 0 aliphatic heterocycles. The molecule has 0 saturated heterocycles. The van der Waals surface area contributed by atoms with Crippen molar-refractivity contribution in [2.75, 3.05) is 0 Å². The van der Waals surface area contributed by atoms with Gasteiger partial charge in [0.1, 0.15) is 5.78 Å². The molecule has 1 aliphatic carbocycles. The van der Waals surface area contributed by atoms with Crippen molar-refractivity contribution in [2.45, 2.75) is 44.9 Å². The van der Waals surface area contributed by atoms with Crippen LogP contribution in [0.2, 0.25) is 0 Å². The predicted octanol–water partition coefficient (Wildman–Crippen LogP) is 2.30. The Hall–Kier alpha value is -0.330. The van der Waals surface area contributed by atoms with Gasteiger partial charge in [0.25, 0.3) is 0 Å². The molecule has 0 radical (unpaired) electrons. The van der Waals surface area contributed by atoms with Crippen LogP contribution in [0.3, 0.4) is 0 Å². The smallest absolute Gasteiger partial charge is 0.132 e. The molecular weight excluding hydrogens is 112 g/mol. The molecule has 52 valence electrons. The highest BCUT2D eigenvalue weighted by Gasteiger charge is 2.04. The minimum atomic E-state index is 0.105. The zero-order valence-corrected chi connectivity index (χ0v) is 5.73. The van der Waals surface area contributed by atoms with Gasteiger partial charge in [-0.2, -0.15) is 0 Å². The topological polar surface area (TPSA) is 17.1 Å². The zero-order chi connectivity index (χ0) is 7.40. The molecule has 1 nitrogen and oxygen atoms in total. The van der Waals surface area contributed by atoms with Gasteiger partial charge in [-0.3, -0.25) is 4.79 Å². The first-order valence-electron chi connectivity index (χ1n) is 4.31. The number of Topliss-reactive ketones (excluding diaryl/α,β-unsaturated/α-hetero) is 1. The molecule has 0 unspecified atom stereocenters. The first-order chi connectivity index (χ1) is 4.79. The average molecular weight is 127 g/mol. The van der Waals surface area contributed by atoms with E-state index in [0.29, 0.717) is 5.78 Å². The van der Waals surface area contributed by atoms with Crippen molar-refractivity contribution >= 4 is 5.78 Å². The van der Waals surface area contributed by atoms with Gasteiger partial charge in [0.2, 0.25) is 0 Å². The fourth-order valence-electron chi connectivity index (χ4n) is 1.16. The number of carbonyl (C=O) groups is 1. The van der Waals surface area contributed by atoms with E-state index in [1.54, 1.807) is 0 Å². The Morgan fingerprint density at radius 3 is 2.22 bits per heavy atom. The Bertz CT molecular complexity index is 110. The molecule has 1 heteroatoms. The van der Waals surface area contributed by atoms with Crippen LogP contribution in [-0.2, 0) is 4.79 Å². The van der Waals surface area contributed by atoms with E-state index in [-0.39, 0.29) is 6.40 Å². The molecule has 0 aromatic carbocycles. The minimum Gasteiger partial charge on any atom is -0.300 e. The number of ketones is 1. The fourth-order valence-corrected chi connectivity index (χ4v) is 1.16. The summed E-state index contributed by atoms with van der Waals surface area (Å²) in [5.74, 6) is 0.395. The normalized spacial score (nSPS) is 26.7. The molecule has 0 N–H and O–H groups in total. The molecule has 1 fully saturated rings. The Balaban J connectivity index is 2.27. The molecule has 1 aliphatic rings. The van der Waals surface area contributed by atoms with Crippen LogP contribution in [0.5, 0.6) is 0 Å². The highest BCUT2D eigenvalue weighted by Crippen LogP contribution is 2.13. The van der Waals surface area contributed by atoms with Crippen molar-refractivity contribution < 1.29 is 6.17 Å². The molecule has 1 saturated carbocycles. The van der Waals surface area contributed by atoms with E-state index >= 15 is 0 Å². The summed E-state index contributed by atoms with van der Waals surface area (Å²) in [6, 6.07) is 0. The summed E-state index contributed by atoms with van der Waals surface area (Å²) in [6.45, 7) is 0. The van der Waals surface area contributed by atoms with Gasteiger partial charge in [-0.25, -0.2) is 0 Å². The summed E-state index contributed by atoms with van der Waals surface area (Å²) < 4.78 is 7.46. The van der Waals surface area contributed by atoms with Crippen LogP contribution >= 0.6 is 0 Å². The second-order valence-electron chi connectivity index (χ2n) is 2.61. The highest BCUT2D eigenvalue weighted by atomic mass is 16.1. The Kier molecular flexibility index (Phi) is 2.21. The fraction of sp³-hybridized carbons (Fsp3) is 0.875. The van der Waals surface area contributed by atoms with Crippen LogP contribution in [0, 0.1) is 0 Å². The van der Waals surface area contributed by atoms with E-state index in [0.717, 1.165) is 38.5 Å². The molecule has 0 atom stereocenters. The lowest BCUT2D eigenvalue weighted by Gasteiger charge is -2.05. The third-order valence-electron chi connectivity index (χ3n) is 1.73. The van der Waals surface area contributed by atoms with Crippen LogP contribution in [-0.4, -0.2) is 5.78 Å². The van der Waals surface area contributed by atoms with E-state index in [4.69, 9.17) is 1.37 Å². The van der Waals surface area contributed by atoms with Crippen LogP contribution in [0.15, 0.2) is 0 Å². The Morgan fingerprint density at radius 1 is 1.11 bits per heavy atom. The maximum atomic E-state index is 10.9. The van der Waals surface area contributed by atoms with Crippen LogP contribution < -0.4 is 0 Å². The van der Waals surface area contributed by atoms with Gasteiger partial charge in [0.05, 0.1) is 0 Å². The number of carbonyl (C=O) groups excluding carboxylic acids is 1. The first kappa shape index (κ1) is 5.45. The summed E-state index contributed by atoms with van der Waals surface area (Å²) in [7, 11) is 0. The van der Waals surface area contributed by atoms with Crippen molar-refractivity contribution in [3.63, 3.8) is 0 Å². The van der Waals surface area contributed by atoms with Crippen molar-refractivity contribution in [1.82, 2.24) is 0 Å². The lowest BCUT2D eigenvalue weighted by molar-refractivity contribution is -0.119. The molecule has 0 spiro atoms. The van der Waals surface area contributed by atoms with E-state index in [1.807, 2.05) is 0 Å². The van der Waals surface area contributed by atoms with Gasteiger partial charge >= 0.3 is 0 Å². The van der Waals surface area contributed by atoms with Crippen LogP contribution in [0.4, 0.5) is 0 Å². The standard InChI is InChI=1S/C8H14O/c9-8-6-4-2-1-3-5-7-8/h1-7H2/i1D. The summed E-state index contributed by atoms with van der Waals surface area (Å²) in [5, 5.41) is 0. The number of hydrogen-bond donors (Lipinski definition) is 0. The van der Waals surface area contributed by atoms with Crippen molar-refractivity contribution in [3.8, 4) is 0 Å². The Morgan fingerprint density at radius 2 is 1.67 bits per heavy atom. The van der Waals surface area contributed by atoms with Crippen molar-refractivity contribution in [1.29, 1.82) is 0 Å². The van der Waals surface area contributed by atoms with Crippen LogP contribution in [0.1, 0.15) is 46.3 Å². The van der Waals surface area contributed by atoms with E-state index < -0.39 is 0 Å². The van der Waals surface area contributed by atoms with E-state index in [9.17, 15) is 4.79 Å². The molecule has 0 amide bonds. The number of hydrogen-bond acceptors (Lipinski definition) is 1. The van der Waals surface area contributed by atoms with E-state index in [2.05, 4.69) is 0 Å². The largest absolute Gasteiger partial charge is 0.300 e. The summed E-state index contributed by atoms with van der Waals surface area (Å²) in [5.41, 5.74) is 0. The lowest BCUT2D eigenvalue weighted by atomic mass is 10.0. The Labute approximate surface area is 57.9 Å². The van der Waals surface area contributed by atoms with Crippen molar-refractivity contribution in [3.05, 3.63) is 0 Å². The maximum Gasteiger partial charge on any atom is 0.132 e. The SMILES string of the molecule is [2H]C1CCCC(=O)CCC1. The molecule has 0 aromatic heterocycles. The van der Waals surface area contributed by atoms with Gasteiger partial charge in [-0.05, 0) is 12.8 Å². The van der Waals surface area contributed by atoms with Gasteiger partial charge in [-0.1, -0.05) is 19.2 Å². The predicted molar refractivity (Wildman–Crippen MR) is 37.3 cm³/mol.